The van der Waals surface area contributed by atoms with Gasteiger partial charge in [0, 0.05) is 13.6 Å². The van der Waals surface area contributed by atoms with Crippen LogP contribution in [0.5, 0.6) is 0 Å². The van der Waals surface area contributed by atoms with Gasteiger partial charge in [0.25, 0.3) is 10.0 Å². The Hall–Kier alpha value is -0.940. The minimum atomic E-state index is -3.45. The Balaban J connectivity index is 2.08. The molecule has 1 N–H and O–H groups in total. The fraction of sp³-hybridized carbons (Fsp3) is 0.583. The molecule has 104 valence electrons. The zero-order chi connectivity index (χ0) is 13.9. The van der Waals surface area contributed by atoms with Crippen LogP contribution in [-0.2, 0) is 10.0 Å². The number of sulfonamides is 1. The van der Waals surface area contributed by atoms with Crippen molar-refractivity contribution in [3.8, 4) is 6.07 Å². The Kier molecular flexibility index (Phi) is 4.58. The van der Waals surface area contributed by atoms with E-state index in [9.17, 15) is 8.42 Å². The Morgan fingerprint density at radius 1 is 1.47 bits per heavy atom. The lowest BCUT2D eigenvalue weighted by Crippen LogP contribution is -2.37. The molecule has 1 aliphatic heterocycles. The first-order chi connectivity index (χ1) is 9.04. The molecule has 19 heavy (non-hydrogen) atoms. The van der Waals surface area contributed by atoms with Crippen LogP contribution in [0.2, 0.25) is 0 Å². The highest BCUT2D eigenvalue weighted by Crippen LogP contribution is 2.25. The molecule has 7 heteroatoms. The monoisotopic (exact) mass is 299 g/mol. The van der Waals surface area contributed by atoms with Crippen LogP contribution in [0.15, 0.2) is 16.3 Å². The van der Waals surface area contributed by atoms with Crippen LogP contribution in [-0.4, -0.2) is 39.4 Å². The van der Waals surface area contributed by atoms with Crippen LogP contribution in [0.4, 0.5) is 0 Å². The smallest absolute Gasteiger partial charge is 0.252 e. The van der Waals surface area contributed by atoms with Gasteiger partial charge in [-0.15, -0.1) is 11.3 Å². The molecule has 0 amide bonds. The third-order valence-electron chi connectivity index (χ3n) is 3.33. The van der Waals surface area contributed by atoms with E-state index in [0.29, 0.717) is 17.3 Å². The van der Waals surface area contributed by atoms with E-state index in [1.54, 1.807) is 13.1 Å². The van der Waals surface area contributed by atoms with Gasteiger partial charge in [-0.3, -0.25) is 0 Å². The lowest BCUT2D eigenvalue weighted by molar-refractivity contribution is 0.311. The van der Waals surface area contributed by atoms with Gasteiger partial charge in [-0.1, -0.05) is 0 Å². The van der Waals surface area contributed by atoms with Crippen LogP contribution in [0, 0.1) is 17.2 Å². The Bertz CT molecular complexity index is 568. The SMILES string of the molecule is CN(CC1CCNCC1)S(=O)(=O)c1ccc(C#N)s1. The van der Waals surface area contributed by atoms with E-state index < -0.39 is 10.0 Å². The van der Waals surface area contributed by atoms with E-state index in [2.05, 4.69) is 5.32 Å². The molecule has 0 unspecified atom stereocenters. The second-order valence-electron chi connectivity index (χ2n) is 4.71. The van der Waals surface area contributed by atoms with Crippen LogP contribution in [0.3, 0.4) is 0 Å². The normalized spacial score (nSPS) is 17.5. The standard InChI is InChI=1S/C12H17N3O2S2/c1-15(9-10-4-6-14-7-5-10)19(16,17)12-3-2-11(8-13)18-12/h2-3,10,14H,4-7,9H2,1H3. The van der Waals surface area contributed by atoms with Gasteiger partial charge in [-0.05, 0) is 44.0 Å². The van der Waals surface area contributed by atoms with Gasteiger partial charge in [-0.2, -0.15) is 9.57 Å². The van der Waals surface area contributed by atoms with Gasteiger partial charge in [0.15, 0.2) is 0 Å². The molecule has 2 rings (SSSR count). The van der Waals surface area contributed by atoms with Gasteiger partial charge in [-0.25, -0.2) is 8.42 Å². The zero-order valence-electron chi connectivity index (χ0n) is 10.8. The van der Waals surface area contributed by atoms with Crippen molar-refractivity contribution in [3.05, 3.63) is 17.0 Å². The first kappa shape index (κ1) is 14.5. The molecule has 0 bridgehead atoms. The molecule has 0 aromatic carbocycles. The number of rotatable bonds is 4. The molecular formula is C12H17N3O2S2. The number of hydrogen-bond donors (Lipinski definition) is 1. The predicted molar refractivity (Wildman–Crippen MR) is 74.4 cm³/mol. The van der Waals surface area contributed by atoms with E-state index in [0.717, 1.165) is 37.3 Å². The summed E-state index contributed by atoms with van der Waals surface area (Å²) in [5.74, 6) is 0.413. The summed E-state index contributed by atoms with van der Waals surface area (Å²) in [6.45, 7) is 2.45. The number of nitrogens with zero attached hydrogens (tertiary/aromatic N) is 2. The maximum absolute atomic E-state index is 12.3. The minimum absolute atomic E-state index is 0.250. The summed E-state index contributed by atoms with van der Waals surface area (Å²) in [6, 6.07) is 5.03. The maximum atomic E-state index is 12.3. The zero-order valence-corrected chi connectivity index (χ0v) is 12.4. The number of piperidine rings is 1. The average Bonchev–Trinajstić information content (AvgIpc) is 2.89. The highest BCUT2D eigenvalue weighted by Gasteiger charge is 2.26. The molecule has 2 heterocycles. The number of hydrogen-bond acceptors (Lipinski definition) is 5. The van der Waals surface area contributed by atoms with Crippen LogP contribution in [0.25, 0.3) is 0 Å². The third-order valence-corrected chi connectivity index (χ3v) is 6.61. The fourth-order valence-electron chi connectivity index (χ4n) is 2.20. The summed E-state index contributed by atoms with van der Waals surface area (Å²) in [5, 5.41) is 12.0. The van der Waals surface area contributed by atoms with Gasteiger partial charge in [0.2, 0.25) is 0 Å². The highest BCUT2D eigenvalue weighted by molar-refractivity contribution is 7.91. The second-order valence-corrected chi connectivity index (χ2v) is 8.06. The third kappa shape index (κ3) is 3.34. The molecule has 0 radical (unpaired) electrons. The highest BCUT2D eigenvalue weighted by atomic mass is 32.2. The van der Waals surface area contributed by atoms with Crippen molar-refractivity contribution in [1.82, 2.24) is 9.62 Å². The Morgan fingerprint density at radius 2 is 2.16 bits per heavy atom. The van der Waals surface area contributed by atoms with Crippen LogP contribution >= 0.6 is 11.3 Å². The number of nitrogens with one attached hydrogen (secondary N) is 1. The quantitative estimate of drug-likeness (QED) is 0.908. The van der Waals surface area contributed by atoms with Crippen molar-refractivity contribution in [3.63, 3.8) is 0 Å². The van der Waals surface area contributed by atoms with Crippen molar-refractivity contribution in [1.29, 1.82) is 5.26 Å². The van der Waals surface area contributed by atoms with E-state index in [-0.39, 0.29) is 4.21 Å². The summed E-state index contributed by atoms with van der Waals surface area (Å²) in [4.78, 5) is 0.425. The van der Waals surface area contributed by atoms with E-state index in [1.165, 1.54) is 10.4 Å². The molecule has 0 atom stereocenters. The van der Waals surface area contributed by atoms with Crippen LogP contribution in [0.1, 0.15) is 17.7 Å². The lowest BCUT2D eigenvalue weighted by atomic mass is 9.98. The van der Waals surface area contributed by atoms with E-state index >= 15 is 0 Å². The van der Waals surface area contributed by atoms with Crippen molar-refractivity contribution in [2.45, 2.75) is 17.1 Å². The maximum Gasteiger partial charge on any atom is 0.252 e. The summed E-state index contributed by atoms with van der Waals surface area (Å²) in [7, 11) is -1.83. The molecule has 5 nitrogen and oxygen atoms in total. The van der Waals surface area contributed by atoms with Crippen molar-refractivity contribution in [2.75, 3.05) is 26.7 Å². The molecule has 0 aliphatic carbocycles. The molecule has 1 fully saturated rings. The van der Waals surface area contributed by atoms with Gasteiger partial charge < -0.3 is 5.32 Å². The lowest BCUT2D eigenvalue weighted by Gasteiger charge is -2.26. The molecule has 1 aromatic rings. The molecule has 0 saturated carbocycles. The first-order valence-corrected chi connectivity index (χ1v) is 8.46. The topological polar surface area (TPSA) is 73.2 Å². The van der Waals surface area contributed by atoms with Gasteiger partial charge in [0.1, 0.15) is 15.2 Å². The van der Waals surface area contributed by atoms with Gasteiger partial charge >= 0.3 is 0 Å². The fourth-order valence-corrected chi connectivity index (χ4v) is 4.76. The van der Waals surface area contributed by atoms with Crippen molar-refractivity contribution < 1.29 is 8.42 Å². The summed E-state index contributed by atoms with van der Waals surface area (Å²) in [6.07, 6.45) is 2.02. The van der Waals surface area contributed by atoms with Crippen molar-refractivity contribution in [2.24, 2.45) is 5.92 Å². The first-order valence-electron chi connectivity index (χ1n) is 6.21. The van der Waals surface area contributed by atoms with E-state index in [1.807, 2.05) is 6.07 Å². The summed E-state index contributed by atoms with van der Waals surface area (Å²) in [5.41, 5.74) is 0. The second kappa shape index (κ2) is 6.01. The minimum Gasteiger partial charge on any atom is -0.317 e. The Labute approximate surface area is 117 Å². The van der Waals surface area contributed by atoms with Gasteiger partial charge in [0.05, 0.1) is 0 Å². The average molecular weight is 299 g/mol. The summed E-state index contributed by atoms with van der Waals surface area (Å²) >= 11 is 1.03. The largest absolute Gasteiger partial charge is 0.317 e. The van der Waals surface area contributed by atoms with Crippen LogP contribution < -0.4 is 5.32 Å². The van der Waals surface area contributed by atoms with E-state index in [4.69, 9.17) is 5.26 Å². The molecular weight excluding hydrogens is 282 g/mol. The molecule has 1 aliphatic rings. The van der Waals surface area contributed by atoms with Crippen molar-refractivity contribution >= 4 is 21.4 Å². The predicted octanol–water partition coefficient (Wildman–Crippen LogP) is 1.24. The number of nitriles is 1. The Morgan fingerprint density at radius 3 is 2.74 bits per heavy atom. The molecule has 0 spiro atoms. The number of thiophene rings is 1. The molecule has 1 aromatic heterocycles. The summed E-state index contributed by atoms with van der Waals surface area (Å²) < 4.78 is 26.4. The molecule has 1 saturated heterocycles.